The van der Waals surface area contributed by atoms with Gasteiger partial charge in [-0.25, -0.2) is 0 Å². The Bertz CT molecular complexity index is 565. The molecule has 0 saturated heterocycles. The minimum absolute atomic E-state index is 0.345. The summed E-state index contributed by atoms with van der Waals surface area (Å²) in [5, 5.41) is 13.2. The first-order valence-electron chi connectivity index (χ1n) is 7.75. The molecule has 2 nitrogen and oxygen atoms in total. The maximum absolute atomic E-state index is 9.62. The second kappa shape index (κ2) is 7.84. The largest absolute Gasteiger partial charge is 0.508 e. The average Bonchev–Trinajstić information content (AvgIpc) is 2.47. The van der Waals surface area contributed by atoms with E-state index >= 15 is 0 Å². The van der Waals surface area contributed by atoms with Gasteiger partial charge in [0, 0.05) is 6.04 Å². The fourth-order valence-corrected chi connectivity index (χ4v) is 2.64. The summed E-state index contributed by atoms with van der Waals surface area (Å²) in [5.41, 5.74) is 3.92. The van der Waals surface area contributed by atoms with Gasteiger partial charge in [-0.15, -0.1) is 0 Å². The number of rotatable bonds is 7. The molecule has 0 fully saturated rings. The standard InChI is InChI=1S/C19H25NO/c1-3-11-20-18(12-16-8-6-10-19(21)13-16)14-17-9-5-4-7-15(17)2/h4-10,13,18,20-21H,3,11-12,14H2,1-2H3. The predicted octanol–water partition coefficient (Wildman–Crippen LogP) is 3.85. The maximum Gasteiger partial charge on any atom is 0.115 e. The first kappa shape index (κ1) is 15.6. The molecule has 0 bridgehead atoms. The molecule has 21 heavy (non-hydrogen) atoms. The molecule has 2 N–H and O–H groups in total. The molecular weight excluding hydrogens is 258 g/mol. The van der Waals surface area contributed by atoms with Crippen LogP contribution in [0.15, 0.2) is 48.5 Å². The number of phenols is 1. The van der Waals surface area contributed by atoms with Crippen LogP contribution in [-0.2, 0) is 12.8 Å². The molecule has 1 atom stereocenters. The zero-order chi connectivity index (χ0) is 15.1. The summed E-state index contributed by atoms with van der Waals surface area (Å²) in [6, 6.07) is 16.5. The van der Waals surface area contributed by atoms with Crippen molar-refractivity contribution in [3.8, 4) is 5.75 Å². The summed E-state index contributed by atoms with van der Waals surface area (Å²) < 4.78 is 0. The van der Waals surface area contributed by atoms with Crippen LogP contribution in [0.2, 0.25) is 0 Å². The lowest BCUT2D eigenvalue weighted by Crippen LogP contribution is -2.34. The van der Waals surface area contributed by atoms with Crippen molar-refractivity contribution in [1.82, 2.24) is 5.32 Å². The number of aryl methyl sites for hydroxylation is 1. The van der Waals surface area contributed by atoms with Gasteiger partial charge in [0.25, 0.3) is 0 Å². The van der Waals surface area contributed by atoms with Gasteiger partial charge in [-0.3, -0.25) is 0 Å². The highest BCUT2D eigenvalue weighted by Crippen LogP contribution is 2.16. The normalized spacial score (nSPS) is 12.3. The summed E-state index contributed by atoms with van der Waals surface area (Å²) in [7, 11) is 0. The molecule has 112 valence electrons. The molecule has 2 aromatic rings. The molecule has 0 aliphatic carbocycles. The predicted molar refractivity (Wildman–Crippen MR) is 88.8 cm³/mol. The summed E-state index contributed by atoms with van der Waals surface area (Å²) in [4.78, 5) is 0. The van der Waals surface area contributed by atoms with Crippen molar-refractivity contribution in [2.75, 3.05) is 6.54 Å². The molecule has 0 aliphatic rings. The van der Waals surface area contributed by atoms with E-state index in [1.54, 1.807) is 6.07 Å². The van der Waals surface area contributed by atoms with E-state index in [2.05, 4.69) is 49.5 Å². The second-order valence-electron chi connectivity index (χ2n) is 5.66. The monoisotopic (exact) mass is 283 g/mol. The minimum atomic E-state index is 0.345. The Morgan fingerprint density at radius 1 is 1.05 bits per heavy atom. The number of phenolic OH excluding ortho intramolecular Hbond substituents is 1. The van der Waals surface area contributed by atoms with E-state index in [4.69, 9.17) is 0 Å². The van der Waals surface area contributed by atoms with Crippen LogP contribution in [0, 0.1) is 6.92 Å². The van der Waals surface area contributed by atoms with E-state index in [9.17, 15) is 5.11 Å². The average molecular weight is 283 g/mol. The molecule has 2 rings (SSSR count). The van der Waals surface area contributed by atoms with Crippen LogP contribution < -0.4 is 5.32 Å². The number of benzene rings is 2. The van der Waals surface area contributed by atoms with Crippen molar-refractivity contribution in [2.24, 2.45) is 0 Å². The molecule has 0 aromatic heterocycles. The maximum atomic E-state index is 9.62. The zero-order valence-corrected chi connectivity index (χ0v) is 13.0. The van der Waals surface area contributed by atoms with Gasteiger partial charge in [0.05, 0.1) is 0 Å². The van der Waals surface area contributed by atoms with Crippen LogP contribution in [0.5, 0.6) is 5.75 Å². The van der Waals surface area contributed by atoms with Gasteiger partial charge in [-0.2, -0.15) is 0 Å². The van der Waals surface area contributed by atoms with Crippen LogP contribution in [0.3, 0.4) is 0 Å². The molecule has 0 heterocycles. The van der Waals surface area contributed by atoms with E-state index in [1.165, 1.54) is 16.7 Å². The lowest BCUT2D eigenvalue weighted by atomic mass is 9.96. The fraction of sp³-hybridized carbons (Fsp3) is 0.368. The molecular formula is C19H25NO. The van der Waals surface area contributed by atoms with E-state index in [1.807, 2.05) is 12.1 Å². The van der Waals surface area contributed by atoms with E-state index in [0.717, 1.165) is 25.8 Å². The SMILES string of the molecule is CCCNC(Cc1cccc(O)c1)Cc1ccccc1C. The van der Waals surface area contributed by atoms with Gasteiger partial charge in [0.2, 0.25) is 0 Å². The first-order valence-corrected chi connectivity index (χ1v) is 7.75. The van der Waals surface area contributed by atoms with E-state index in [-0.39, 0.29) is 0 Å². The third-order valence-corrected chi connectivity index (χ3v) is 3.80. The van der Waals surface area contributed by atoms with Crippen molar-refractivity contribution in [3.05, 3.63) is 65.2 Å². The smallest absolute Gasteiger partial charge is 0.115 e. The molecule has 2 heteroatoms. The molecule has 0 saturated carbocycles. The third kappa shape index (κ3) is 4.91. The highest BCUT2D eigenvalue weighted by Gasteiger charge is 2.11. The van der Waals surface area contributed by atoms with Crippen molar-refractivity contribution < 1.29 is 5.11 Å². The summed E-state index contributed by atoms with van der Waals surface area (Å²) in [6.45, 7) is 5.38. The third-order valence-electron chi connectivity index (χ3n) is 3.80. The van der Waals surface area contributed by atoms with Gasteiger partial charge in [-0.05, 0) is 61.6 Å². The van der Waals surface area contributed by atoms with Crippen LogP contribution in [-0.4, -0.2) is 17.7 Å². The number of aromatic hydroxyl groups is 1. The quantitative estimate of drug-likeness (QED) is 0.809. The Labute approximate surface area is 127 Å². The topological polar surface area (TPSA) is 32.3 Å². The number of nitrogens with one attached hydrogen (secondary N) is 1. The Hall–Kier alpha value is -1.80. The van der Waals surface area contributed by atoms with Crippen molar-refractivity contribution in [3.63, 3.8) is 0 Å². The van der Waals surface area contributed by atoms with Gasteiger partial charge in [0.1, 0.15) is 5.75 Å². The summed E-state index contributed by atoms with van der Waals surface area (Å²) in [6.07, 6.45) is 3.08. The van der Waals surface area contributed by atoms with Crippen LogP contribution in [0.1, 0.15) is 30.0 Å². The molecule has 0 aliphatic heterocycles. The van der Waals surface area contributed by atoms with Gasteiger partial charge in [0.15, 0.2) is 0 Å². The van der Waals surface area contributed by atoms with Gasteiger partial charge in [-0.1, -0.05) is 43.3 Å². The number of hydrogen-bond donors (Lipinski definition) is 2. The second-order valence-corrected chi connectivity index (χ2v) is 5.66. The van der Waals surface area contributed by atoms with E-state index < -0.39 is 0 Å². The van der Waals surface area contributed by atoms with Crippen LogP contribution >= 0.6 is 0 Å². The van der Waals surface area contributed by atoms with Crippen LogP contribution in [0.4, 0.5) is 0 Å². The molecule has 2 aromatic carbocycles. The van der Waals surface area contributed by atoms with Crippen molar-refractivity contribution in [2.45, 2.75) is 39.2 Å². The summed E-state index contributed by atoms with van der Waals surface area (Å²) >= 11 is 0. The van der Waals surface area contributed by atoms with E-state index in [0.29, 0.717) is 11.8 Å². The van der Waals surface area contributed by atoms with Gasteiger partial charge >= 0.3 is 0 Å². The Morgan fingerprint density at radius 2 is 1.86 bits per heavy atom. The molecule has 0 amide bonds. The number of hydrogen-bond acceptors (Lipinski definition) is 2. The fourth-order valence-electron chi connectivity index (χ4n) is 2.64. The minimum Gasteiger partial charge on any atom is -0.508 e. The van der Waals surface area contributed by atoms with Crippen molar-refractivity contribution >= 4 is 0 Å². The summed E-state index contributed by atoms with van der Waals surface area (Å²) in [5.74, 6) is 0.345. The molecule has 0 spiro atoms. The Morgan fingerprint density at radius 3 is 2.57 bits per heavy atom. The Kier molecular flexibility index (Phi) is 5.82. The lowest BCUT2D eigenvalue weighted by molar-refractivity contribution is 0.471. The van der Waals surface area contributed by atoms with Crippen molar-refractivity contribution in [1.29, 1.82) is 0 Å². The Balaban J connectivity index is 2.09. The highest BCUT2D eigenvalue weighted by molar-refractivity contribution is 5.29. The molecule has 1 unspecified atom stereocenters. The molecule has 0 radical (unpaired) electrons. The first-order chi connectivity index (χ1) is 10.2. The lowest BCUT2D eigenvalue weighted by Gasteiger charge is -2.20. The van der Waals surface area contributed by atoms with Gasteiger partial charge < -0.3 is 10.4 Å². The zero-order valence-electron chi connectivity index (χ0n) is 13.0. The van der Waals surface area contributed by atoms with Crippen LogP contribution in [0.25, 0.3) is 0 Å². The highest BCUT2D eigenvalue weighted by atomic mass is 16.3.